The van der Waals surface area contributed by atoms with Gasteiger partial charge < -0.3 is 14.5 Å². The first-order valence-corrected chi connectivity index (χ1v) is 8.92. The number of benzene rings is 2. The van der Waals surface area contributed by atoms with Crippen LogP contribution in [0, 0.1) is 0 Å². The Morgan fingerprint density at radius 2 is 1.81 bits per heavy atom. The molecule has 0 atom stereocenters. The van der Waals surface area contributed by atoms with Gasteiger partial charge in [-0.25, -0.2) is 0 Å². The van der Waals surface area contributed by atoms with Crippen molar-refractivity contribution in [1.29, 1.82) is 0 Å². The number of hydrogen-bond acceptors (Lipinski definition) is 3. The molecule has 0 saturated heterocycles. The van der Waals surface area contributed by atoms with Crippen molar-refractivity contribution >= 4 is 17.5 Å². The van der Waals surface area contributed by atoms with Crippen LogP contribution in [0.4, 0.5) is 5.69 Å². The molecule has 26 heavy (non-hydrogen) atoms. The summed E-state index contributed by atoms with van der Waals surface area (Å²) in [5.74, 6) is 0.612. The Hall–Kier alpha value is -2.82. The monoisotopic (exact) mass is 352 g/mol. The fourth-order valence-corrected chi connectivity index (χ4v) is 3.09. The van der Waals surface area contributed by atoms with Crippen molar-refractivity contribution in [2.45, 2.75) is 32.9 Å². The molecule has 2 aromatic carbocycles. The molecule has 1 aliphatic rings. The molecular weight excluding hydrogens is 328 g/mol. The Kier molecular flexibility index (Phi) is 5.56. The van der Waals surface area contributed by atoms with Crippen LogP contribution >= 0.6 is 0 Å². The van der Waals surface area contributed by atoms with E-state index >= 15 is 0 Å². The minimum atomic E-state index is -0.115. The highest BCUT2D eigenvalue weighted by Crippen LogP contribution is 2.31. The van der Waals surface area contributed by atoms with Gasteiger partial charge >= 0.3 is 0 Å². The lowest BCUT2D eigenvalue weighted by atomic mass is 10.1. The van der Waals surface area contributed by atoms with E-state index in [9.17, 15) is 9.59 Å². The van der Waals surface area contributed by atoms with E-state index in [0.29, 0.717) is 18.8 Å². The number of carbonyl (C=O) groups is 2. The highest BCUT2D eigenvalue weighted by molar-refractivity contribution is 5.98. The summed E-state index contributed by atoms with van der Waals surface area (Å²) in [6.45, 7) is 4.97. The van der Waals surface area contributed by atoms with E-state index in [2.05, 4.69) is 0 Å². The normalized spacial score (nSPS) is 13.3. The third kappa shape index (κ3) is 4.04. The Morgan fingerprint density at radius 3 is 2.54 bits per heavy atom. The van der Waals surface area contributed by atoms with Crippen molar-refractivity contribution in [3.05, 3.63) is 60.2 Å². The van der Waals surface area contributed by atoms with Crippen LogP contribution in [-0.2, 0) is 16.1 Å². The summed E-state index contributed by atoms with van der Waals surface area (Å²) in [6.07, 6.45) is 0.283. The third-order valence-electron chi connectivity index (χ3n) is 4.50. The largest absolute Gasteiger partial charge is 0.482 e. The molecule has 0 radical (unpaired) electrons. The zero-order valence-corrected chi connectivity index (χ0v) is 15.2. The van der Waals surface area contributed by atoms with Gasteiger partial charge in [-0.1, -0.05) is 42.5 Å². The minimum absolute atomic E-state index is 0.0170. The summed E-state index contributed by atoms with van der Waals surface area (Å²) in [6, 6.07) is 17.5. The Bertz CT molecular complexity index is 774. The summed E-state index contributed by atoms with van der Waals surface area (Å²) < 4.78 is 5.45. The van der Waals surface area contributed by atoms with Gasteiger partial charge in [0.25, 0.3) is 5.91 Å². The van der Waals surface area contributed by atoms with Crippen molar-refractivity contribution in [3.63, 3.8) is 0 Å². The molecule has 0 saturated carbocycles. The van der Waals surface area contributed by atoms with Crippen LogP contribution < -0.4 is 9.64 Å². The van der Waals surface area contributed by atoms with Crippen molar-refractivity contribution in [2.24, 2.45) is 0 Å². The molecular formula is C21H24N2O3. The number of hydrogen-bond donors (Lipinski definition) is 0. The first-order valence-electron chi connectivity index (χ1n) is 8.92. The van der Waals surface area contributed by atoms with Crippen molar-refractivity contribution in [1.82, 2.24) is 4.90 Å². The van der Waals surface area contributed by atoms with Crippen LogP contribution in [0.5, 0.6) is 5.75 Å². The molecule has 2 amide bonds. The van der Waals surface area contributed by atoms with Crippen molar-refractivity contribution in [3.8, 4) is 5.75 Å². The van der Waals surface area contributed by atoms with E-state index in [1.165, 1.54) is 0 Å². The Balaban J connectivity index is 1.68. The van der Waals surface area contributed by atoms with Crippen LogP contribution in [-0.4, -0.2) is 35.9 Å². The molecule has 5 nitrogen and oxygen atoms in total. The molecule has 0 aliphatic carbocycles. The van der Waals surface area contributed by atoms with E-state index in [1.807, 2.05) is 73.3 Å². The van der Waals surface area contributed by atoms with Crippen LogP contribution in [0.3, 0.4) is 0 Å². The molecule has 0 unspecified atom stereocenters. The lowest BCUT2D eigenvalue weighted by molar-refractivity contribution is -0.133. The Labute approximate surface area is 154 Å². The zero-order chi connectivity index (χ0) is 18.5. The predicted molar refractivity (Wildman–Crippen MR) is 101 cm³/mol. The first kappa shape index (κ1) is 18.0. The molecule has 3 rings (SSSR count). The van der Waals surface area contributed by atoms with Gasteiger partial charge in [-0.3, -0.25) is 9.59 Å². The molecule has 1 heterocycles. The topological polar surface area (TPSA) is 49.9 Å². The summed E-state index contributed by atoms with van der Waals surface area (Å²) >= 11 is 0. The van der Waals surface area contributed by atoms with Gasteiger partial charge in [0.2, 0.25) is 5.91 Å². The average molecular weight is 352 g/mol. The molecule has 0 bridgehead atoms. The van der Waals surface area contributed by atoms with Gasteiger partial charge in [0.1, 0.15) is 5.75 Å². The molecule has 0 aromatic heterocycles. The number of amides is 2. The van der Waals surface area contributed by atoms with Crippen LogP contribution in [0.2, 0.25) is 0 Å². The van der Waals surface area contributed by atoms with E-state index in [0.717, 1.165) is 11.3 Å². The number of ether oxygens (including phenoxy) is 1. The number of para-hydroxylation sites is 2. The smallest absolute Gasteiger partial charge is 0.265 e. The summed E-state index contributed by atoms with van der Waals surface area (Å²) in [5.41, 5.74) is 1.83. The second-order valence-corrected chi connectivity index (χ2v) is 6.65. The van der Waals surface area contributed by atoms with Crippen molar-refractivity contribution in [2.75, 3.05) is 18.1 Å². The first-order chi connectivity index (χ1) is 12.6. The molecule has 1 aliphatic heterocycles. The van der Waals surface area contributed by atoms with Crippen molar-refractivity contribution < 1.29 is 14.3 Å². The number of fused-ring (bicyclic) bond motifs is 1. The number of carbonyl (C=O) groups excluding carboxylic acids is 2. The fourth-order valence-electron chi connectivity index (χ4n) is 3.09. The Morgan fingerprint density at radius 1 is 1.12 bits per heavy atom. The van der Waals surface area contributed by atoms with Gasteiger partial charge in [-0.05, 0) is 31.5 Å². The zero-order valence-electron chi connectivity index (χ0n) is 15.2. The highest BCUT2D eigenvalue weighted by Gasteiger charge is 2.26. The predicted octanol–water partition coefficient (Wildman–Crippen LogP) is 3.24. The summed E-state index contributed by atoms with van der Waals surface area (Å²) in [5, 5.41) is 0. The number of nitrogens with zero attached hydrogens (tertiary/aromatic N) is 2. The quantitative estimate of drug-likeness (QED) is 0.802. The fraction of sp³-hybridized carbons (Fsp3) is 0.333. The third-order valence-corrected chi connectivity index (χ3v) is 4.50. The highest BCUT2D eigenvalue weighted by atomic mass is 16.5. The standard InChI is InChI=1S/C21H24N2O3/c1-16(2)23(14-17-8-4-3-5-9-17)20(24)12-13-22-18-10-6-7-11-19(18)26-15-21(22)25/h3-11,16H,12-15H2,1-2H3. The maximum Gasteiger partial charge on any atom is 0.265 e. The summed E-state index contributed by atoms with van der Waals surface area (Å²) in [7, 11) is 0. The summed E-state index contributed by atoms with van der Waals surface area (Å²) in [4.78, 5) is 28.6. The molecule has 136 valence electrons. The van der Waals surface area contributed by atoms with Gasteiger partial charge in [-0.2, -0.15) is 0 Å². The van der Waals surface area contributed by atoms with E-state index in [4.69, 9.17) is 4.74 Å². The second kappa shape index (κ2) is 8.04. The van der Waals surface area contributed by atoms with E-state index in [1.54, 1.807) is 4.90 Å². The van der Waals surface area contributed by atoms with Crippen LogP contribution in [0.25, 0.3) is 0 Å². The van der Waals surface area contributed by atoms with Crippen LogP contribution in [0.15, 0.2) is 54.6 Å². The van der Waals surface area contributed by atoms with Gasteiger partial charge in [-0.15, -0.1) is 0 Å². The number of anilines is 1. The molecule has 0 spiro atoms. The van der Waals surface area contributed by atoms with Crippen LogP contribution in [0.1, 0.15) is 25.8 Å². The molecule has 0 fully saturated rings. The lowest BCUT2D eigenvalue weighted by Gasteiger charge is -2.31. The van der Waals surface area contributed by atoms with E-state index in [-0.39, 0.29) is 30.9 Å². The van der Waals surface area contributed by atoms with Gasteiger partial charge in [0, 0.05) is 25.6 Å². The molecule has 2 aromatic rings. The molecule has 0 N–H and O–H groups in total. The minimum Gasteiger partial charge on any atom is -0.482 e. The van der Waals surface area contributed by atoms with Gasteiger partial charge in [0.05, 0.1) is 5.69 Å². The SMILES string of the molecule is CC(C)N(Cc1ccccc1)C(=O)CCN1C(=O)COc2ccccc21. The second-order valence-electron chi connectivity index (χ2n) is 6.65. The number of rotatable bonds is 6. The van der Waals surface area contributed by atoms with Gasteiger partial charge in [0.15, 0.2) is 6.61 Å². The maximum atomic E-state index is 12.8. The molecule has 5 heteroatoms. The van der Waals surface area contributed by atoms with E-state index < -0.39 is 0 Å². The maximum absolute atomic E-state index is 12.8. The lowest BCUT2D eigenvalue weighted by Crippen LogP contribution is -2.42. The average Bonchev–Trinajstić information content (AvgIpc) is 2.65.